The monoisotopic (exact) mass is 293 g/mol. The number of ether oxygens (including phenoxy) is 1. The van der Waals surface area contributed by atoms with Crippen LogP contribution in [0.4, 0.5) is 18.9 Å². The fourth-order valence-corrected chi connectivity index (χ4v) is 2.59. The van der Waals surface area contributed by atoms with Crippen molar-refractivity contribution >= 4 is 5.69 Å². The van der Waals surface area contributed by atoms with E-state index >= 15 is 0 Å². The molecule has 0 spiro atoms. The highest BCUT2D eigenvalue weighted by molar-refractivity contribution is 5.55. The predicted molar refractivity (Wildman–Crippen MR) is 74.3 cm³/mol. The van der Waals surface area contributed by atoms with Crippen LogP contribution in [0, 0.1) is 0 Å². The van der Waals surface area contributed by atoms with E-state index in [0.29, 0.717) is 0 Å². The van der Waals surface area contributed by atoms with Crippen LogP contribution in [0.5, 0.6) is 5.75 Å². The van der Waals surface area contributed by atoms with Gasteiger partial charge in [-0.25, -0.2) is 0 Å². The SMILES string of the molecule is FC(F)(F)Oc1ccc(C2CCc3ccccc3N2)cc1. The fraction of sp³-hybridized carbons (Fsp3) is 0.250. The van der Waals surface area contributed by atoms with Crippen LogP contribution in [0.2, 0.25) is 0 Å². The first kappa shape index (κ1) is 13.8. The van der Waals surface area contributed by atoms with Crippen molar-refractivity contribution in [1.29, 1.82) is 0 Å². The van der Waals surface area contributed by atoms with E-state index in [1.807, 2.05) is 18.2 Å². The van der Waals surface area contributed by atoms with E-state index in [1.54, 1.807) is 12.1 Å². The van der Waals surface area contributed by atoms with Gasteiger partial charge in [0.2, 0.25) is 0 Å². The van der Waals surface area contributed by atoms with Crippen molar-refractivity contribution in [2.24, 2.45) is 0 Å². The van der Waals surface area contributed by atoms with Crippen molar-refractivity contribution in [3.05, 3.63) is 59.7 Å². The zero-order valence-corrected chi connectivity index (χ0v) is 11.2. The minimum atomic E-state index is -4.65. The van der Waals surface area contributed by atoms with Crippen LogP contribution in [0.3, 0.4) is 0 Å². The van der Waals surface area contributed by atoms with Gasteiger partial charge in [0.25, 0.3) is 0 Å². The molecule has 1 unspecified atom stereocenters. The van der Waals surface area contributed by atoms with E-state index in [-0.39, 0.29) is 11.8 Å². The normalized spacial score (nSPS) is 17.8. The topological polar surface area (TPSA) is 21.3 Å². The van der Waals surface area contributed by atoms with E-state index in [4.69, 9.17) is 0 Å². The smallest absolute Gasteiger partial charge is 0.406 e. The summed E-state index contributed by atoms with van der Waals surface area (Å²) in [6, 6.07) is 14.2. The number of halogens is 3. The molecule has 0 bridgehead atoms. The number of hydrogen-bond donors (Lipinski definition) is 1. The van der Waals surface area contributed by atoms with Gasteiger partial charge in [0.15, 0.2) is 0 Å². The number of nitrogens with one attached hydrogen (secondary N) is 1. The lowest BCUT2D eigenvalue weighted by Crippen LogP contribution is -2.18. The highest BCUT2D eigenvalue weighted by Crippen LogP contribution is 2.33. The summed E-state index contributed by atoms with van der Waals surface area (Å²) in [5.41, 5.74) is 3.31. The number of alkyl halides is 3. The molecule has 2 aromatic carbocycles. The van der Waals surface area contributed by atoms with Gasteiger partial charge in [-0.1, -0.05) is 30.3 Å². The average molecular weight is 293 g/mol. The second-order valence-corrected chi connectivity index (χ2v) is 5.01. The molecule has 1 heterocycles. The van der Waals surface area contributed by atoms with E-state index in [9.17, 15) is 13.2 Å². The van der Waals surface area contributed by atoms with E-state index in [1.165, 1.54) is 17.7 Å². The number of rotatable bonds is 2. The zero-order valence-electron chi connectivity index (χ0n) is 11.2. The first-order valence-corrected chi connectivity index (χ1v) is 6.71. The molecule has 1 N–H and O–H groups in total. The molecule has 1 atom stereocenters. The van der Waals surface area contributed by atoms with Crippen LogP contribution in [0.1, 0.15) is 23.6 Å². The second kappa shape index (κ2) is 5.31. The van der Waals surface area contributed by atoms with Gasteiger partial charge in [0.1, 0.15) is 5.75 Å². The van der Waals surface area contributed by atoms with Gasteiger partial charge in [-0.15, -0.1) is 13.2 Å². The summed E-state index contributed by atoms with van der Waals surface area (Å²) in [6.45, 7) is 0. The lowest BCUT2D eigenvalue weighted by molar-refractivity contribution is -0.274. The molecular weight excluding hydrogens is 279 g/mol. The lowest BCUT2D eigenvalue weighted by atomic mass is 9.93. The summed E-state index contributed by atoms with van der Waals surface area (Å²) in [6.07, 6.45) is -2.78. The maximum atomic E-state index is 12.1. The molecule has 1 aliphatic rings. The number of anilines is 1. The molecule has 0 radical (unpaired) electrons. The van der Waals surface area contributed by atoms with Crippen molar-refractivity contribution < 1.29 is 17.9 Å². The van der Waals surface area contributed by atoms with Gasteiger partial charge < -0.3 is 10.1 Å². The average Bonchev–Trinajstić information content (AvgIpc) is 2.46. The molecule has 1 aliphatic heterocycles. The maximum Gasteiger partial charge on any atom is 0.573 e. The van der Waals surface area contributed by atoms with E-state index in [0.717, 1.165) is 24.1 Å². The Morgan fingerprint density at radius 2 is 1.71 bits per heavy atom. The van der Waals surface area contributed by atoms with Crippen LogP contribution in [-0.4, -0.2) is 6.36 Å². The van der Waals surface area contributed by atoms with Crippen LogP contribution in [-0.2, 0) is 6.42 Å². The van der Waals surface area contributed by atoms with Crippen molar-refractivity contribution in [1.82, 2.24) is 0 Å². The Morgan fingerprint density at radius 1 is 1.00 bits per heavy atom. The molecule has 0 saturated carbocycles. The van der Waals surface area contributed by atoms with Crippen LogP contribution in [0.25, 0.3) is 0 Å². The summed E-state index contributed by atoms with van der Waals surface area (Å²) in [4.78, 5) is 0. The second-order valence-electron chi connectivity index (χ2n) is 5.01. The summed E-state index contributed by atoms with van der Waals surface area (Å²) < 4.78 is 40.3. The molecule has 5 heteroatoms. The van der Waals surface area contributed by atoms with E-state index < -0.39 is 6.36 Å². The maximum absolute atomic E-state index is 12.1. The van der Waals surface area contributed by atoms with Gasteiger partial charge in [0.05, 0.1) is 6.04 Å². The Bertz CT molecular complexity index is 622. The number of aryl methyl sites for hydroxylation is 1. The Kier molecular flexibility index (Phi) is 3.49. The largest absolute Gasteiger partial charge is 0.573 e. The van der Waals surface area contributed by atoms with Crippen molar-refractivity contribution in [3.63, 3.8) is 0 Å². The number of para-hydroxylation sites is 1. The van der Waals surface area contributed by atoms with Gasteiger partial charge >= 0.3 is 6.36 Å². The molecule has 2 aromatic rings. The van der Waals surface area contributed by atoms with Crippen LogP contribution in [0.15, 0.2) is 48.5 Å². The quantitative estimate of drug-likeness (QED) is 0.867. The Balaban J connectivity index is 1.74. The molecule has 0 amide bonds. The van der Waals surface area contributed by atoms with E-state index in [2.05, 4.69) is 16.1 Å². The third kappa shape index (κ3) is 3.29. The fourth-order valence-electron chi connectivity index (χ4n) is 2.59. The molecule has 0 saturated heterocycles. The van der Waals surface area contributed by atoms with Gasteiger partial charge in [0, 0.05) is 5.69 Å². The molecular formula is C16H14F3NO. The highest BCUT2D eigenvalue weighted by Gasteiger charge is 2.31. The molecule has 3 rings (SSSR count). The molecule has 0 aromatic heterocycles. The Hall–Kier alpha value is -2.17. The molecule has 0 aliphatic carbocycles. The first-order chi connectivity index (χ1) is 10.0. The number of fused-ring (bicyclic) bond motifs is 1. The van der Waals surface area contributed by atoms with Crippen molar-refractivity contribution in [2.45, 2.75) is 25.2 Å². The third-order valence-corrected chi connectivity index (χ3v) is 3.57. The molecule has 0 fully saturated rings. The van der Waals surface area contributed by atoms with Gasteiger partial charge in [-0.05, 0) is 42.2 Å². The molecule has 2 nitrogen and oxygen atoms in total. The van der Waals surface area contributed by atoms with Gasteiger partial charge in [-0.3, -0.25) is 0 Å². The first-order valence-electron chi connectivity index (χ1n) is 6.71. The number of hydrogen-bond acceptors (Lipinski definition) is 2. The molecule has 110 valence electrons. The zero-order chi connectivity index (χ0) is 14.9. The van der Waals surface area contributed by atoms with Crippen LogP contribution >= 0.6 is 0 Å². The van der Waals surface area contributed by atoms with Gasteiger partial charge in [-0.2, -0.15) is 0 Å². The number of benzene rings is 2. The Labute approximate surface area is 120 Å². The third-order valence-electron chi connectivity index (χ3n) is 3.57. The van der Waals surface area contributed by atoms with Crippen molar-refractivity contribution in [2.75, 3.05) is 5.32 Å². The van der Waals surface area contributed by atoms with Crippen LogP contribution < -0.4 is 10.1 Å². The summed E-state index contributed by atoms with van der Waals surface area (Å²) in [5.74, 6) is -0.192. The minimum absolute atomic E-state index is 0.111. The predicted octanol–water partition coefficient (Wildman–Crippen LogP) is 4.68. The standard InChI is InChI=1S/C16H14F3NO/c17-16(18,19)21-13-8-5-12(6-9-13)15-10-7-11-3-1-2-4-14(11)20-15/h1-6,8-9,15,20H,7,10H2. The lowest BCUT2D eigenvalue weighted by Gasteiger charge is -2.27. The highest BCUT2D eigenvalue weighted by atomic mass is 19.4. The van der Waals surface area contributed by atoms with Crippen molar-refractivity contribution in [3.8, 4) is 5.75 Å². The Morgan fingerprint density at radius 3 is 2.43 bits per heavy atom. The summed E-state index contributed by atoms with van der Waals surface area (Å²) >= 11 is 0. The summed E-state index contributed by atoms with van der Waals surface area (Å²) in [7, 11) is 0. The molecule has 21 heavy (non-hydrogen) atoms. The minimum Gasteiger partial charge on any atom is -0.406 e. The summed E-state index contributed by atoms with van der Waals surface area (Å²) in [5, 5.41) is 3.42.